The molecule has 0 saturated carbocycles. The second kappa shape index (κ2) is 5.05. The number of sulfonamides is 1. The van der Waals surface area contributed by atoms with Crippen LogP contribution in [0.2, 0.25) is 0 Å². The fourth-order valence-corrected chi connectivity index (χ4v) is 2.79. The quantitative estimate of drug-likeness (QED) is 0.922. The molecule has 84 valence electrons. The molecule has 6 heteroatoms. The van der Waals surface area contributed by atoms with Gasteiger partial charge in [-0.25, -0.2) is 13.1 Å². The van der Waals surface area contributed by atoms with Crippen LogP contribution >= 0.6 is 15.9 Å². The Morgan fingerprint density at radius 3 is 2.73 bits per heavy atom. The van der Waals surface area contributed by atoms with Gasteiger partial charge in [0.25, 0.3) is 0 Å². The SMILES string of the molecule is CC[C@@H](C)NS(=O)(=O)c1cncc(Br)c1. The molecule has 0 aliphatic heterocycles. The van der Waals surface area contributed by atoms with Crippen molar-refractivity contribution < 1.29 is 8.42 Å². The van der Waals surface area contributed by atoms with Crippen molar-refractivity contribution >= 4 is 26.0 Å². The highest BCUT2D eigenvalue weighted by atomic mass is 79.9. The summed E-state index contributed by atoms with van der Waals surface area (Å²) in [4.78, 5) is 4.00. The number of rotatable bonds is 4. The molecular weight excluding hydrogens is 280 g/mol. The summed E-state index contributed by atoms with van der Waals surface area (Å²) < 4.78 is 26.8. The molecular formula is C9H13BrN2O2S. The van der Waals surface area contributed by atoms with Crippen molar-refractivity contribution in [3.05, 3.63) is 22.9 Å². The predicted octanol–water partition coefficient (Wildman–Crippen LogP) is 1.92. The Morgan fingerprint density at radius 2 is 2.20 bits per heavy atom. The summed E-state index contributed by atoms with van der Waals surface area (Å²) in [5.74, 6) is 0. The molecule has 0 amide bonds. The molecule has 0 aliphatic rings. The van der Waals surface area contributed by atoms with Crippen LogP contribution in [0.25, 0.3) is 0 Å². The molecule has 0 spiro atoms. The summed E-state index contributed by atoms with van der Waals surface area (Å²) >= 11 is 3.18. The van der Waals surface area contributed by atoms with E-state index >= 15 is 0 Å². The number of hydrogen-bond donors (Lipinski definition) is 1. The van der Waals surface area contributed by atoms with E-state index in [4.69, 9.17) is 0 Å². The maximum atomic E-state index is 11.8. The summed E-state index contributed by atoms with van der Waals surface area (Å²) in [5, 5.41) is 0. The Hall–Kier alpha value is -0.460. The highest BCUT2D eigenvalue weighted by Crippen LogP contribution is 2.14. The fourth-order valence-electron chi connectivity index (χ4n) is 0.956. The van der Waals surface area contributed by atoms with Crippen LogP contribution < -0.4 is 4.72 Å². The molecule has 1 atom stereocenters. The number of hydrogen-bond acceptors (Lipinski definition) is 3. The lowest BCUT2D eigenvalue weighted by Crippen LogP contribution is -2.32. The molecule has 0 fully saturated rings. The smallest absolute Gasteiger partial charge is 0.242 e. The number of nitrogens with one attached hydrogen (secondary N) is 1. The van der Waals surface area contributed by atoms with E-state index in [-0.39, 0.29) is 10.9 Å². The number of halogens is 1. The minimum absolute atomic E-state index is 0.0750. The molecule has 0 bridgehead atoms. The molecule has 1 N–H and O–H groups in total. The lowest BCUT2D eigenvalue weighted by atomic mass is 10.3. The molecule has 0 unspecified atom stereocenters. The molecule has 0 aliphatic carbocycles. The third kappa shape index (κ3) is 3.55. The van der Waals surface area contributed by atoms with Crippen LogP contribution in [-0.4, -0.2) is 19.4 Å². The van der Waals surface area contributed by atoms with Gasteiger partial charge >= 0.3 is 0 Å². The van der Waals surface area contributed by atoms with Gasteiger partial charge in [-0.3, -0.25) is 4.98 Å². The number of aromatic nitrogens is 1. The Labute approximate surface area is 98.3 Å². The second-order valence-electron chi connectivity index (χ2n) is 3.27. The van der Waals surface area contributed by atoms with Crippen LogP contribution in [0.3, 0.4) is 0 Å². The van der Waals surface area contributed by atoms with Crippen LogP contribution in [0.1, 0.15) is 20.3 Å². The van der Waals surface area contributed by atoms with Crippen molar-refractivity contribution in [2.45, 2.75) is 31.2 Å². The van der Waals surface area contributed by atoms with Gasteiger partial charge in [-0.2, -0.15) is 0 Å². The van der Waals surface area contributed by atoms with E-state index < -0.39 is 10.0 Å². The Morgan fingerprint density at radius 1 is 1.53 bits per heavy atom. The summed E-state index contributed by atoms with van der Waals surface area (Å²) in [7, 11) is -3.44. The maximum Gasteiger partial charge on any atom is 0.242 e. The van der Waals surface area contributed by atoms with E-state index in [1.807, 2.05) is 13.8 Å². The zero-order valence-electron chi connectivity index (χ0n) is 8.57. The lowest BCUT2D eigenvalue weighted by molar-refractivity contribution is 0.555. The summed E-state index contributed by atoms with van der Waals surface area (Å²) in [5.41, 5.74) is 0. The van der Waals surface area contributed by atoms with Crippen LogP contribution in [0.4, 0.5) is 0 Å². The lowest BCUT2D eigenvalue weighted by Gasteiger charge is -2.11. The van der Waals surface area contributed by atoms with Crippen molar-refractivity contribution in [2.75, 3.05) is 0 Å². The molecule has 4 nitrogen and oxygen atoms in total. The van der Waals surface area contributed by atoms with Gasteiger partial charge in [-0.15, -0.1) is 0 Å². The average molecular weight is 293 g/mol. The Balaban J connectivity index is 2.96. The van der Waals surface area contributed by atoms with Gasteiger partial charge in [0.1, 0.15) is 4.90 Å². The zero-order chi connectivity index (χ0) is 11.5. The molecule has 1 rings (SSSR count). The minimum atomic E-state index is -3.44. The first-order valence-electron chi connectivity index (χ1n) is 4.58. The van der Waals surface area contributed by atoms with Gasteiger partial charge in [0, 0.05) is 22.9 Å². The first-order valence-corrected chi connectivity index (χ1v) is 6.86. The third-order valence-corrected chi connectivity index (χ3v) is 3.95. The second-order valence-corrected chi connectivity index (χ2v) is 5.90. The van der Waals surface area contributed by atoms with Crippen LogP contribution in [-0.2, 0) is 10.0 Å². The molecule has 15 heavy (non-hydrogen) atoms. The molecule has 0 saturated heterocycles. The van der Waals surface area contributed by atoms with Gasteiger partial charge in [0.2, 0.25) is 10.0 Å². The Kier molecular flexibility index (Phi) is 4.24. The van der Waals surface area contributed by atoms with Crippen molar-refractivity contribution in [1.29, 1.82) is 0 Å². The van der Waals surface area contributed by atoms with E-state index in [9.17, 15) is 8.42 Å². The summed E-state index contributed by atoms with van der Waals surface area (Å²) in [6.07, 6.45) is 3.62. The Bertz CT molecular complexity index is 433. The summed E-state index contributed by atoms with van der Waals surface area (Å²) in [6, 6.07) is 1.45. The largest absolute Gasteiger partial charge is 0.262 e. The zero-order valence-corrected chi connectivity index (χ0v) is 11.0. The number of pyridine rings is 1. The standard InChI is InChI=1S/C9H13BrN2O2S/c1-3-7(2)12-15(13,14)9-4-8(10)5-11-6-9/h4-7,12H,3H2,1-2H3/t7-/m1/s1. The highest BCUT2D eigenvalue weighted by Gasteiger charge is 2.16. The van der Waals surface area contributed by atoms with Crippen LogP contribution in [0.15, 0.2) is 27.8 Å². The van der Waals surface area contributed by atoms with E-state index in [1.54, 1.807) is 6.20 Å². The first-order chi connectivity index (χ1) is 6.95. The molecule has 1 aromatic heterocycles. The molecule has 1 heterocycles. The van der Waals surface area contributed by atoms with Gasteiger partial charge < -0.3 is 0 Å². The van der Waals surface area contributed by atoms with E-state index in [1.165, 1.54) is 12.3 Å². The average Bonchev–Trinajstić information content (AvgIpc) is 2.17. The van der Waals surface area contributed by atoms with Gasteiger partial charge in [0.05, 0.1) is 0 Å². The van der Waals surface area contributed by atoms with Crippen LogP contribution in [0, 0.1) is 0 Å². The van der Waals surface area contributed by atoms with Gasteiger partial charge in [-0.1, -0.05) is 6.92 Å². The van der Waals surface area contributed by atoms with Crippen LogP contribution in [0.5, 0.6) is 0 Å². The van der Waals surface area contributed by atoms with Crippen molar-refractivity contribution in [3.63, 3.8) is 0 Å². The molecule has 1 aromatic rings. The van der Waals surface area contributed by atoms with E-state index in [0.717, 1.165) is 6.42 Å². The molecule has 0 aromatic carbocycles. The normalized spacial score (nSPS) is 13.8. The highest BCUT2D eigenvalue weighted by molar-refractivity contribution is 9.10. The van der Waals surface area contributed by atoms with Gasteiger partial charge in [-0.05, 0) is 35.3 Å². The topological polar surface area (TPSA) is 59.1 Å². The predicted molar refractivity (Wildman–Crippen MR) is 62.0 cm³/mol. The molecule has 0 radical (unpaired) electrons. The van der Waals surface area contributed by atoms with E-state index in [2.05, 4.69) is 25.6 Å². The maximum absolute atomic E-state index is 11.8. The van der Waals surface area contributed by atoms with E-state index in [0.29, 0.717) is 4.47 Å². The van der Waals surface area contributed by atoms with Crippen molar-refractivity contribution in [3.8, 4) is 0 Å². The first kappa shape index (κ1) is 12.6. The van der Waals surface area contributed by atoms with Crippen molar-refractivity contribution in [1.82, 2.24) is 9.71 Å². The minimum Gasteiger partial charge on any atom is -0.262 e. The monoisotopic (exact) mass is 292 g/mol. The fraction of sp³-hybridized carbons (Fsp3) is 0.444. The third-order valence-electron chi connectivity index (χ3n) is 1.96. The number of nitrogens with zero attached hydrogens (tertiary/aromatic N) is 1. The van der Waals surface area contributed by atoms with Gasteiger partial charge in [0.15, 0.2) is 0 Å². The van der Waals surface area contributed by atoms with Crippen molar-refractivity contribution in [2.24, 2.45) is 0 Å². The summed E-state index contributed by atoms with van der Waals surface area (Å²) in [6.45, 7) is 3.75.